The molecule has 0 unspecified atom stereocenters. The Bertz CT molecular complexity index is 480. The van der Waals surface area contributed by atoms with Crippen molar-refractivity contribution in [1.29, 1.82) is 0 Å². The smallest absolute Gasteiger partial charge is 0.187 e. The van der Waals surface area contributed by atoms with Crippen LogP contribution in [0, 0.1) is 0 Å². The van der Waals surface area contributed by atoms with Gasteiger partial charge in [-0.05, 0) is 67.1 Å². The van der Waals surface area contributed by atoms with E-state index in [-0.39, 0.29) is 11.1 Å². The molecule has 0 fully saturated rings. The summed E-state index contributed by atoms with van der Waals surface area (Å²) in [5.41, 5.74) is 7.18. The lowest BCUT2D eigenvalue weighted by atomic mass is 10.1. The standard InChI is InChI=1S/C16H32N6S/c1-10-13(21-20-12(3)17-15(4,5)6)11(2)19-22-14(23)18-16(7,8)9/h17,20H,3,10H2,1-2,4-9H3,(H2,18,22,23)/b19-11+,21-13+. The number of nitrogens with zero attached hydrogens (tertiary/aromatic N) is 2. The van der Waals surface area contributed by atoms with Gasteiger partial charge in [0.2, 0.25) is 0 Å². The van der Waals surface area contributed by atoms with Crippen LogP contribution in [0.2, 0.25) is 0 Å². The fourth-order valence-corrected chi connectivity index (χ4v) is 1.95. The minimum atomic E-state index is -0.104. The zero-order valence-corrected chi connectivity index (χ0v) is 16.5. The Morgan fingerprint density at radius 1 is 0.957 bits per heavy atom. The van der Waals surface area contributed by atoms with Gasteiger partial charge in [0, 0.05) is 11.1 Å². The Kier molecular flexibility index (Phi) is 8.23. The lowest BCUT2D eigenvalue weighted by Gasteiger charge is -2.23. The van der Waals surface area contributed by atoms with Crippen molar-refractivity contribution in [2.45, 2.75) is 72.9 Å². The molecule has 0 aliphatic rings. The molecule has 0 amide bonds. The average molecular weight is 341 g/mol. The molecule has 0 aliphatic heterocycles. The van der Waals surface area contributed by atoms with Gasteiger partial charge in [-0.3, -0.25) is 10.9 Å². The van der Waals surface area contributed by atoms with Crippen molar-refractivity contribution in [2.75, 3.05) is 0 Å². The molecular weight excluding hydrogens is 308 g/mol. The second-order valence-corrected chi connectivity index (χ2v) is 7.80. The first-order valence-corrected chi connectivity index (χ1v) is 8.17. The molecule has 6 nitrogen and oxygen atoms in total. The van der Waals surface area contributed by atoms with Gasteiger partial charge in [-0.1, -0.05) is 13.5 Å². The summed E-state index contributed by atoms with van der Waals surface area (Å²) >= 11 is 5.20. The fraction of sp³-hybridized carbons (Fsp3) is 0.688. The molecule has 0 saturated heterocycles. The van der Waals surface area contributed by atoms with Gasteiger partial charge in [-0.2, -0.15) is 10.2 Å². The molecule has 0 aromatic rings. The van der Waals surface area contributed by atoms with Gasteiger partial charge in [-0.25, -0.2) is 0 Å². The third kappa shape index (κ3) is 11.6. The maximum Gasteiger partial charge on any atom is 0.187 e. The number of hydrazone groups is 2. The van der Waals surface area contributed by atoms with Crippen molar-refractivity contribution in [3.05, 3.63) is 12.4 Å². The molecule has 23 heavy (non-hydrogen) atoms. The highest BCUT2D eigenvalue weighted by Gasteiger charge is 2.11. The summed E-state index contributed by atoms with van der Waals surface area (Å²) in [6.07, 6.45) is 0.742. The van der Waals surface area contributed by atoms with E-state index < -0.39 is 0 Å². The van der Waals surface area contributed by atoms with Gasteiger partial charge < -0.3 is 10.6 Å². The molecule has 0 saturated carbocycles. The topological polar surface area (TPSA) is 72.8 Å². The van der Waals surface area contributed by atoms with E-state index in [0.717, 1.165) is 17.8 Å². The molecule has 0 aromatic carbocycles. The Labute approximate surface area is 146 Å². The first-order valence-electron chi connectivity index (χ1n) is 7.76. The average Bonchev–Trinajstić information content (AvgIpc) is 2.32. The normalized spacial score (nSPS) is 13.4. The molecule has 4 N–H and O–H groups in total. The second-order valence-electron chi connectivity index (χ2n) is 7.39. The summed E-state index contributed by atoms with van der Waals surface area (Å²) in [5.74, 6) is 0.647. The van der Waals surface area contributed by atoms with Gasteiger partial charge in [0.15, 0.2) is 5.11 Å². The Morgan fingerprint density at radius 2 is 1.48 bits per heavy atom. The molecule has 0 rings (SSSR count). The van der Waals surface area contributed by atoms with Gasteiger partial charge in [0.25, 0.3) is 0 Å². The highest BCUT2D eigenvalue weighted by atomic mass is 32.1. The molecule has 0 bridgehead atoms. The van der Waals surface area contributed by atoms with Crippen LogP contribution < -0.4 is 21.5 Å². The zero-order valence-electron chi connectivity index (χ0n) is 15.7. The summed E-state index contributed by atoms with van der Waals surface area (Å²) in [5, 5.41) is 15.5. The summed E-state index contributed by atoms with van der Waals surface area (Å²) in [6, 6.07) is 0. The van der Waals surface area contributed by atoms with Crippen molar-refractivity contribution < 1.29 is 0 Å². The van der Waals surface area contributed by atoms with Crippen molar-refractivity contribution in [1.82, 2.24) is 21.5 Å². The molecule has 7 heteroatoms. The molecule has 0 radical (unpaired) electrons. The lowest BCUT2D eigenvalue weighted by molar-refractivity contribution is 0.455. The first kappa shape index (κ1) is 21.4. The van der Waals surface area contributed by atoms with Crippen molar-refractivity contribution in [3.63, 3.8) is 0 Å². The fourth-order valence-electron chi connectivity index (χ4n) is 1.60. The van der Waals surface area contributed by atoms with Crippen LogP contribution in [-0.4, -0.2) is 27.6 Å². The van der Waals surface area contributed by atoms with E-state index in [0.29, 0.717) is 10.9 Å². The third-order valence-corrected chi connectivity index (χ3v) is 2.61. The maximum atomic E-state index is 5.20. The van der Waals surface area contributed by atoms with Gasteiger partial charge in [-0.15, -0.1) is 0 Å². The van der Waals surface area contributed by atoms with Crippen LogP contribution in [0.1, 0.15) is 61.8 Å². The number of nitrogens with one attached hydrogen (secondary N) is 4. The summed E-state index contributed by atoms with van der Waals surface area (Å²) in [6.45, 7) is 20.1. The van der Waals surface area contributed by atoms with E-state index in [1.54, 1.807) is 0 Å². The molecule has 132 valence electrons. The van der Waals surface area contributed by atoms with Crippen molar-refractivity contribution in [2.24, 2.45) is 10.2 Å². The largest absolute Gasteiger partial charge is 0.366 e. The minimum Gasteiger partial charge on any atom is -0.366 e. The minimum absolute atomic E-state index is 0.0680. The predicted molar refractivity (Wildman–Crippen MR) is 105 cm³/mol. The van der Waals surface area contributed by atoms with Crippen LogP contribution in [0.3, 0.4) is 0 Å². The van der Waals surface area contributed by atoms with Gasteiger partial charge in [0.05, 0.1) is 11.4 Å². The van der Waals surface area contributed by atoms with Crippen LogP contribution in [-0.2, 0) is 0 Å². The van der Waals surface area contributed by atoms with E-state index in [1.165, 1.54) is 0 Å². The SMILES string of the molecule is C=C(N/N=C(CC)/C(C)=N/NC(=S)NC(C)(C)C)NC(C)(C)C. The molecule has 0 aliphatic carbocycles. The van der Waals surface area contributed by atoms with Gasteiger partial charge >= 0.3 is 0 Å². The van der Waals surface area contributed by atoms with E-state index in [9.17, 15) is 0 Å². The van der Waals surface area contributed by atoms with E-state index in [1.807, 2.05) is 34.6 Å². The Morgan fingerprint density at radius 3 is 1.91 bits per heavy atom. The van der Waals surface area contributed by atoms with E-state index in [4.69, 9.17) is 12.2 Å². The van der Waals surface area contributed by atoms with Crippen LogP contribution in [0.15, 0.2) is 22.6 Å². The number of thiocarbonyl (C=S) groups is 1. The first-order chi connectivity index (χ1) is 10.3. The molecule has 0 atom stereocenters. The number of rotatable bonds is 6. The highest BCUT2D eigenvalue weighted by Crippen LogP contribution is 2.01. The third-order valence-electron chi connectivity index (χ3n) is 2.42. The van der Waals surface area contributed by atoms with E-state index >= 15 is 0 Å². The molecule has 0 heterocycles. The Balaban J connectivity index is 4.70. The monoisotopic (exact) mass is 340 g/mol. The summed E-state index contributed by atoms with van der Waals surface area (Å²) in [4.78, 5) is 0. The van der Waals surface area contributed by atoms with Crippen molar-refractivity contribution in [3.8, 4) is 0 Å². The van der Waals surface area contributed by atoms with Crippen LogP contribution >= 0.6 is 12.2 Å². The second kappa shape index (κ2) is 8.86. The number of hydrogen-bond donors (Lipinski definition) is 4. The van der Waals surface area contributed by atoms with Crippen LogP contribution in [0.5, 0.6) is 0 Å². The molecule has 0 spiro atoms. The van der Waals surface area contributed by atoms with Crippen molar-refractivity contribution >= 4 is 28.8 Å². The summed E-state index contributed by atoms with van der Waals surface area (Å²) < 4.78 is 0. The molecular formula is C16H32N6S. The molecule has 0 aromatic heterocycles. The zero-order chi connectivity index (χ0) is 18.3. The van der Waals surface area contributed by atoms with Crippen LogP contribution in [0.4, 0.5) is 0 Å². The quantitative estimate of drug-likeness (QED) is 0.340. The highest BCUT2D eigenvalue weighted by molar-refractivity contribution is 7.80. The summed E-state index contributed by atoms with van der Waals surface area (Å²) in [7, 11) is 0. The van der Waals surface area contributed by atoms with E-state index in [2.05, 4.69) is 59.0 Å². The lowest BCUT2D eigenvalue weighted by Crippen LogP contribution is -2.45. The predicted octanol–water partition coefficient (Wildman–Crippen LogP) is 2.84. The maximum absolute atomic E-state index is 5.20. The van der Waals surface area contributed by atoms with Gasteiger partial charge in [0.1, 0.15) is 5.82 Å². The number of hydrogen-bond acceptors (Lipinski definition) is 5. The Hall–Kier alpha value is -1.63. The van der Waals surface area contributed by atoms with Crippen LogP contribution in [0.25, 0.3) is 0 Å².